The Morgan fingerprint density at radius 1 is 1.55 bits per heavy atom. The molecule has 0 radical (unpaired) electrons. The van der Waals surface area contributed by atoms with Gasteiger partial charge in [-0.3, -0.25) is 4.79 Å². The van der Waals surface area contributed by atoms with Crippen LogP contribution in [0.4, 0.5) is 0 Å². The maximum atomic E-state index is 12.2. The Labute approximate surface area is 127 Å². The molecule has 0 saturated carbocycles. The summed E-state index contributed by atoms with van der Waals surface area (Å²) in [5.41, 5.74) is 0.829. The number of aromatic nitrogens is 1. The van der Waals surface area contributed by atoms with E-state index in [1.54, 1.807) is 0 Å². The predicted molar refractivity (Wildman–Crippen MR) is 78.0 cm³/mol. The molecular weight excluding hydrogens is 300 g/mol. The molecule has 0 spiro atoms. The van der Waals surface area contributed by atoms with Gasteiger partial charge in [0, 0.05) is 18.5 Å². The van der Waals surface area contributed by atoms with E-state index in [4.69, 9.17) is 21.4 Å². The molecule has 0 atom stereocenters. The summed E-state index contributed by atoms with van der Waals surface area (Å²) >= 11 is 7.18. The van der Waals surface area contributed by atoms with Crippen LogP contribution in [0.5, 0.6) is 0 Å². The second-order valence-electron chi connectivity index (χ2n) is 4.72. The number of ether oxygens (including phenoxy) is 1. The van der Waals surface area contributed by atoms with Gasteiger partial charge >= 0.3 is 0 Å². The van der Waals surface area contributed by atoms with Crippen molar-refractivity contribution in [3.05, 3.63) is 16.1 Å². The molecule has 1 aromatic rings. The molecule has 112 valence electrons. The Hall–Kier alpha value is -0.690. The van der Waals surface area contributed by atoms with Gasteiger partial charge in [-0.2, -0.15) is 0 Å². The molecule has 0 aromatic carbocycles. The maximum absolute atomic E-state index is 12.2. The van der Waals surface area contributed by atoms with Gasteiger partial charge in [-0.05, 0) is 12.8 Å². The van der Waals surface area contributed by atoms with Crippen LogP contribution in [0.1, 0.15) is 23.5 Å². The standard InChI is InChI=1S/C13H19ClN2O3S/c14-8-10-9-20-12(15-10)7-13(18)16-3-1-11(2-4-16)19-6-5-17/h9,11,17H,1-8H2. The minimum atomic E-state index is 0.0477. The van der Waals surface area contributed by atoms with Crippen LogP contribution in [0.2, 0.25) is 0 Å². The lowest BCUT2D eigenvalue weighted by Crippen LogP contribution is -2.41. The van der Waals surface area contributed by atoms with Crippen molar-refractivity contribution in [3.8, 4) is 0 Å². The van der Waals surface area contributed by atoms with Gasteiger partial charge in [0.05, 0.1) is 37.3 Å². The fourth-order valence-electron chi connectivity index (χ4n) is 2.22. The second-order valence-corrected chi connectivity index (χ2v) is 5.93. The van der Waals surface area contributed by atoms with E-state index in [9.17, 15) is 4.79 Å². The number of nitrogens with zero attached hydrogens (tertiary/aromatic N) is 2. The SMILES string of the molecule is O=C(Cc1nc(CCl)cs1)N1CCC(OCCO)CC1. The van der Waals surface area contributed by atoms with E-state index >= 15 is 0 Å². The van der Waals surface area contributed by atoms with E-state index in [2.05, 4.69) is 4.98 Å². The molecule has 1 N–H and O–H groups in total. The smallest absolute Gasteiger partial charge is 0.229 e. The van der Waals surface area contributed by atoms with E-state index in [0.29, 0.717) is 32.0 Å². The predicted octanol–water partition coefficient (Wildman–Crippen LogP) is 1.42. The number of carbonyl (C=O) groups excluding carboxylic acids is 1. The lowest BCUT2D eigenvalue weighted by atomic mass is 10.1. The molecule has 2 heterocycles. The summed E-state index contributed by atoms with van der Waals surface area (Å²) in [6.45, 7) is 1.84. The molecule has 1 fully saturated rings. The van der Waals surface area contributed by atoms with E-state index < -0.39 is 0 Å². The van der Waals surface area contributed by atoms with Gasteiger partial charge in [-0.1, -0.05) is 0 Å². The summed E-state index contributed by atoms with van der Waals surface area (Å²) in [4.78, 5) is 18.3. The van der Waals surface area contributed by atoms with Gasteiger partial charge in [0.25, 0.3) is 0 Å². The zero-order valence-corrected chi connectivity index (χ0v) is 12.8. The second kappa shape index (κ2) is 7.93. The average Bonchev–Trinajstić information content (AvgIpc) is 2.93. The molecule has 7 heteroatoms. The summed E-state index contributed by atoms with van der Waals surface area (Å²) in [7, 11) is 0. The number of hydrogen-bond donors (Lipinski definition) is 1. The first-order valence-electron chi connectivity index (χ1n) is 6.72. The van der Waals surface area contributed by atoms with Crippen LogP contribution in [0.25, 0.3) is 0 Å². The molecule has 0 unspecified atom stereocenters. The minimum absolute atomic E-state index is 0.0477. The van der Waals surface area contributed by atoms with Crippen LogP contribution in [0.3, 0.4) is 0 Å². The maximum Gasteiger partial charge on any atom is 0.229 e. The molecule has 1 aliphatic heterocycles. The zero-order valence-electron chi connectivity index (χ0n) is 11.3. The molecule has 1 saturated heterocycles. The molecule has 1 aromatic heterocycles. The summed E-state index contributed by atoms with van der Waals surface area (Å²) in [6, 6.07) is 0. The lowest BCUT2D eigenvalue weighted by Gasteiger charge is -2.31. The third-order valence-corrected chi connectivity index (χ3v) is 4.45. The first kappa shape index (κ1) is 15.7. The Bertz CT molecular complexity index is 433. The number of carbonyl (C=O) groups is 1. The number of aliphatic hydroxyl groups excluding tert-OH is 1. The van der Waals surface area contributed by atoms with Gasteiger partial charge in [-0.25, -0.2) is 4.98 Å². The first-order chi connectivity index (χ1) is 9.72. The van der Waals surface area contributed by atoms with Crippen LogP contribution < -0.4 is 0 Å². The normalized spacial score (nSPS) is 16.6. The molecule has 1 amide bonds. The van der Waals surface area contributed by atoms with Gasteiger partial charge in [0.1, 0.15) is 5.01 Å². The van der Waals surface area contributed by atoms with Crippen molar-refractivity contribution in [1.82, 2.24) is 9.88 Å². The number of thiazole rings is 1. The number of aliphatic hydroxyl groups is 1. The quantitative estimate of drug-likeness (QED) is 0.806. The van der Waals surface area contributed by atoms with Crippen LogP contribution in [0.15, 0.2) is 5.38 Å². The van der Waals surface area contributed by atoms with Gasteiger partial charge in [0.15, 0.2) is 0 Å². The number of likely N-dealkylation sites (tertiary alicyclic amines) is 1. The highest BCUT2D eigenvalue weighted by Crippen LogP contribution is 2.17. The Balaban J connectivity index is 1.76. The fraction of sp³-hybridized carbons (Fsp3) is 0.692. The van der Waals surface area contributed by atoms with Crippen LogP contribution >= 0.6 is 22.9 Å². The number of amides is 1. The first-order valence-corrected chi connectivity index (χ1v) is 8.14. The number of hydrogen-bond acceptors (Lipinski definition) is 5. The van der Waals surface area contributed by atoms with Gasteiger partial charge in [-0.15, -0.1) is 22.9 Å². The van der Waals surface area contributed by atoms with Crippen molar-refractivity contribution >= 4 is 28.8 Å². The largest absolute Gasteiger partial charge is 0.394 e. The number of halogens is 1. The van der Waals surface area contributed by atoms with Gasteiger partial charge in [0.2, 0.25) is 5.91 Å². The molecule has 0 bridgehead atoms. The third-order valence-electron chi connectivity index (χ3n) is 3.28. The van der Waals surface area contributed by atoms with Crippen molar-refractivity contribution in [2.75, 3.05) is 26.3 Å². The van der Waals surface area contributed by atoms with E-state index in [1.165, 1.54) is 11.3 Å². The molecule has 5 nitrogen and oxygen atoms in total. The molecule has 20 heavy (non-hydrogen) atoms. The van der Waals surface area contributed by atoms with E-state index in [-0.39, 0.29) is 18.6 Å². The number of rotatable bonds is 6. The molecule has 1 aliphatic rings. The summed E-state index contributed by atoms with van der Waals surface area (Å²) in [5, 5.41) is 11.4. The van der Waals surface area contributed by atoms with Crippen molar-refractivity contribution in [1.29, 1.82) is 0 Å². The number of piperidine rings is 1. The van der Waals surface area contributed by atoms with Crippen molar-refractivity contribution < 1.29 is 14.6 Å². The highest BCUT2D eigenvalue weighted by Gasteiger charge is 2.23. The van der Waals surface area contributed by atoms with Crippen LogP contribution in [-0.2, 0) is 21.8 Å². The van der Waals surface area contributed by atoms with Crippen LogP contribution in [0, 0.1) is 0 Å². The van der Waals surface area contributed by atoms with Crippen molar-refractivity contribution in [2.24, 2.45) is 0 Å². The van der Waals surface area contributed by atoms with E-state index in [1.807, 2.05) is 10.3 Å². The number of alkyl halides is 1. The fourth-order valence-corrected chi connectivity index (χ4v) is 3.24. The average molecular weight is 319 g/mol. The third kappa shape index (κ3) is 4.41. The van der Waals surface area contributed by atoms with Crippen LogP contribution in [-0.4, -0.2) is 53.3 Å². The Morgan fingerprint density at radius 3 is 2.90 bits per heavy atom. The van der Waals surface area contributed by atoms with Gasteiger partial charge < -0.3 is 14.7 Å². The summed E-state index contributed by atoms with van der Waals surface area (Å²) in [6.07, 6.45) is 2.17. The summed E-state index contributed by atoms with van der Waals surface area (Å²) < 4.78 is 5.48. The Kier molecular flexibility index (Phi) is 6.22. The molecular formula is C13H19ClN2O3S. The monoisotopic (exact) mass is 318 g/mol. The van der Waals surface area contributed by atoms with Crippen molar-refractivity contribution in [3.63, 3.8) is 0 Å². The molecule has 0 aliphatic carbocycles. The highest BCUT2D eigenvalue weighted by molar-refractivity contribution is 7.09. The Morgan fingerprint density at radius 2 is 2.30 bits per heavy atom. The lowest BCUT2D eigenvalue weighted by molar-refractivity contribution is -0.133. The topological polar surface area (TPSA) is 62.7 Å². The van der Waals surface area contributed by atoms with Crippen molar-refractivity contribution in [2.45, 2.75) is 31.2 Å². The summed E-state index contributed by atoms with van der Waals surface area (Å²) in [5.74, 6) is 0.499. The van der Waals surface area contributed by atoms with E-state index in [0.717, 1.165) is 23.5 Å². The molecule has 2 rings (SSSR count). The zero-order chi connectivity index (χ0) is 14.4. The highest BCUT2D eigenvalue weighted by atomic mass is 35.5. The minimum Gasteiger partial charge on any atom is -0.394 e.